The minimum absolute atomic E-state index is 0.0200. The number of rotatable bonds is 4. The zero-order valence-corrected chi connectivity index (χ0v) is 14.1. The molecule has 0 spiro atoms. The van der Waals surface area contributed by atoms with Crippen LogP contribution in [0.1, 0.15) is 23.9 Å². The standard InChI is InChI=1S/C19H20N4O2/c1-25-15-10-17(19-20-12-21-22-19)23(11-15)18(24)9-14-7-4-6-13-5-2-3-8-16(13)14/h2-8,12,15,17H,9-11H2,1H3,(H,20,21,22)/t15-,17+/m1/s1. The molecular formula is C19H20N4O2. The lowest BCUT2D eigenvalue weighted by atomic mass is 10.0. The van der Waals surface area contributed by atoms with Crippen LogP contribution in [-0.4, -0.2) is 45.7 Å². The van der Waals surface area contributed by atoms with Crippen LogP contribution in [0.5, 0.6) is 0 Å². The van der Waals surface area contributed by atoms with E-state index in [1.54, 1.807) is 7.11 Å². The van der Waals surface area contributed by atoms with Crippen molar-refractivity contribution in [1.82, 2.24) is 20.1 Å². The van der Waals surface area contributed by atoms with Gasteiger partial charge in [0.2, 0.25) is 5.91 Å². The van der Waals surface area contributed by atoms with Gasteiger partial charge in [0, 0.05) is 20.1 Å². The number of H-pyrrole nitrogens is 1. The van der Waals surface area contributed by atoms with Crippen LogP contribution in [0.2, 0.25) is 0 Å². The summed E-state index contributed by atoms with van der Waals surface area (Å²) in [4.78, 5) is 19.1. The molecule has 1 aliphatic rings. The van der Waals surface area contributed by atoms with Gasteiger partial charge in [-0.05, 0) is 16.3 Å². The van der Waals surface area contributed by atoms with E-state index in [2.05, 4.69) is 33.4 Å². The number of hydrogen-bond acceptors (Lipinski definition) is 4. The highest BCUT2D eigenvalue weighted by Crippen LogP contribution is 2.32. The number of methoxy groups -OCH3 is 1. The summed E-state index contributed by atoms with van der Waals surface area (Å²) in [6.45, 7) is 0.575. The maximum Gasteiger partial charge on any atom is 0.227 e. The molecule has 2 heterocycles. The highest BCUT2D eigenvalue weighted by atomic mass is 16.5. The summed E-state index contributed by atoms with van der Waals surface area (Å²) in [5.41, 5.74) is 1.04. The normalized spacial score (nSPS) is 20.3. The third kappa shape index (κ3) is 3.00. The summed E-state index contributed by atoms with van der Waals surface area (Å²) in [5, 5.41) is 9.08. The van der Waals surface area contributed by atoms with Crippen molar-refractivity contribution in [2.24, 2.45) is 0 Å². The fourth-order valence-electron chi connectivity index (χ4n) is 3.59. The molecule has 1 saturated heterocycles. The molecule has 1 aliphatic heterocycles. The molecule has 0 bridgehead atoms. The van der Waals surface area contributed by atoms with Gasteiger partial charge in [0.15, 0.2) is 0 Å². The molecule has 6 heteroatoms. The highest BCUT2D eigenvalue weighted by Gasteiger charge is 2.37. The smallest absolute Gasteiger partial charge is 0.227 e. The highest BCUT2D eigenvalue weighted by molar-refractivity contribution is 5.90. The van der Waals surface area contributed by atoms with Crippen molar-refractivity contribution in [3.8, 4) is 0 Å². The minimum Gasteiger partial charge on any atom is -0.380 e. The Morgan fingerprint density at radius 3 is 2.92 bits per heavy atom. The van der Waals surface area contributed by atoms with Gasteiger partial charge >= 0.3 is 0 Å². The van der Waals surface area contributed by atoms with Crippen molar-refractivity contribution >= 4 is 16.7 Å². The maximum absolute atomic E-state index is 13.0. The van der Waals surface area contributed by atoms with Crippen molar-refractivity contribution in [1.29, 1.82) is 0 Å². The first-order chi connectivity index (χ1) is 12.3. The molecule has 3 aromatic rings. The molecule has 0 aliphatic carbocycles. The Hall–Kier alpha value is -2.73. The van der Waals surface area contributed by atoms with Gasteiger partial charge in [0.1, 0.15) is 12.2 Å². The second kappa shape index (κ2) is 6.64. The first kappa shape index (κ1) is 15.8. The van der Waals surface area contributed by atoms with Crippen LogP contribution in [0.15, 0.2) is 48.8 Å². The Morgan fingerprint density at radius 2 is 2.12 bits per heavy atom. The average molecular weight is 336 g/mol. The molecule has 1 aromatic heterocycles. The zero-order valence-electron chi connectivity index (χ0n) is 14.1. The molecule has 0 unspecified atom stereocenters. The van der Waals surface area contributed by atoms with Crippen LogP contribution in [0.3, 0.4) is 0 Å². The monoisotopic (exact) mass is 336 g/mol. The number of hydrogen-bond donors (Lipinski definition) is 1. The van der Waals surface area contributed by atoms with Gasteiger partial charge < -0.3 is 9.64 Å². The maximum atomic E-state index is 13.0. The molecule has 128 valence electrons. The zero-order chi connectivity index (χ0) is 17.2. The van der Waals surface area contributed by atoms with E-state index >= 15 is 0 Å². The number of carbonyl (C=O) groups excluding carboxylic acids is 1. The van der Waals surface area contributed by atoms with Crippen molar-refractivity contribution in [3.05, 3.63) is 60.2 Å². The van der Waals surface area contributed by atoms with E-state index in [0.717, 1.165) is 22.8 Å². The first-order valence-electron chi connectivity index (χ1n) is 8.40. The molecule has 1 N–H and O–H groups in total. The molecule has 1 fully saturated rings. The fourth-order valence-corrected chi connectivity index (χ4v) is 3.59. The summed E-state index contributed by atoms with van der Waals surface area (Å²) < 4.78 is 5.48. The Bertz CT molecular complexity index is 873. The third-order valence-corrected chi connectivity index (χ3v) is 4.89. The first-order valence-corrected chi connectivity index (χ1v) is 8.40. The van der Waals surface area contributed by atoms with E-state index in [4.69, 9.17) is 4.74 Å². The van der Waals surface area contributed by atoms with Crippen LogP contribution >= 0.6 is 0 Å². The van der Waals surface area contributed by atoms with Gasteiger partial charge in [-0.1, -0.05) is 42.5 Å². The number of aromatic nitrogens is 3. The number of likely N-dealkylation sites (tertiary alicyclic amines) is 1. The minimum atomic E-state index is -0.116. The topological polar surface area (TPSA) is 71.1 Å². The van der Waals surface area contributed by atoms with Crippen LogP contribution in [0, 0.1) is 0 Å². The predicted octanol–water partition coefficient (Wildman–Crippen LogP) is 2.49. The lowest BCUT2D eigenvalue weighted by Gasteiger charge is -2.23. The molecule has 0 radical (unpaired) electrons. The molecular weight excluding hydrogens is 316 g/mol. The summed E-state index contributed by atoms with van der Waals surface area (Å²) in [6, 6.07) is 14.1. The molecule has 4 rings (SSSR count). The Kier molecular flexibility index (Phi) is 4.19. The third-order valence-electron chi connectivity index (χ3n) is 4.89. The lowest BCUT2D eigenvalue weighted by Crippen LogP contribution is -2.33. The lowest BCUT2D eigenvalue weighted by molar-refractivity contribution is -0.131. The Labute approximate surface area is 145 Å². The summed E-state index contributed by atoms with van der Waals surface area (Å²) in [5.74, 6) is 0.795. The van der Waals surface area contributed by atoms with Crippen LogP contribution in [-0.2, 0) is 16.0 Å². The van der Waals surface area contributed by atoms with Crippen molar-refractivity contribution in [2.45, 2.75) is 25.0 Å². The molecule has 2 atom stereocenters. The van der Waals surface area contributed by atoms with E-state index in [-0.39, 0.29) is 18.1 Å². The van der Waals surface area contributed by atoms with Gasteiger partial charge in [-0.25, -0.2) is 4.98 Å². The number of nitrogens with zero attached hydrogens (tertiary/aromatic N) is 3. The quantitative estimate of drug-likeness (QED) is 0.794. The van der Waals surface area contributed by atoms with Crippen molar-refractivity contribution in [3.63, 3.8) is 0 Å². The van der Waals surface area contributed by atoms with E-state index < -0.39 is 0 Å². The SMILES string of the molecule is CO[C@@H]1C[C@@H](c2ncn[nH]2)N(C(=O)Cc2cccc3ccccc23)C1. The number of carbonyl (C=O) groups is 1. The number of ether oxygens (including phenoxy) is 1. The van der Waals surface area contributed by atoms with Gasteiger partial charge in [-0.15, -0.1) is 0 Å². The van der Waals surface area contributed by atoms with Gasteiger partial charge in [0.05, 0.1) is 18.6 Å². The van der Waals surface area contributed by atoms with Crippen molar-refractivity contribution in [2.75, 3.05) is 13.7 Å². The van der Waals surface area contributed by atoms with Gasteiger partial charge in [0.25, 0.3) is 0 Å². The van der Waals surface area contributed by atoms with Gasteiger partial charge in [-0.2, -0.15) is 5.10 Å². The van der Waals surface area contributed by atoms with E-state index in [1.807, 2.05) is 29.2 Å². The molecule has 0 saturated carbocycles. The van der Waals surface area contributed by atoms with E-state index in [0.29, 0.717) is 18.8 Å². The summed E-state index contributed by atoms with van der Waals surface area (Å²) >= 11 is 0. The largest absolute Gasteiger partial charge is 0.380 e. The van der Waals surface area contributed by atoms with E-state index in [9.17, 15) is 4.79 Å². The van der Waals surface area contributed by atoms with Crippen molar-refractivity contribution < 1.29 is 9.53 Å². The molecule has 6 nitrogen and oxygen atoms in total. The summed E-state index contributed by atoms with van der Waals surface area (Å²) in [6.07, 6.45) is 2.59. The van der Waals surface area contributed by atoms with E-state index in [1.165, 1.54) is 6.33 Å². The van der Waals surface area contributed by atoms with Crippen LogP contribution < -0.4 is 0 Å². The Balaban J connectivity index is 1.60. The molecule has 2 aromatic carbocycles. The fraction of sp³-hybridized carbons (Fsp3) is 0.316. The number of aromatic amines is 1. The second-order valence-electron chi connectivity index (χ2n) is 6.34. The predicted molar refractivity (Wildman–Crippen MR) is 93.9 cm³/mol. The second-order valence-corrected chi connectivity index (χ2v) is 6.34. The number of fused-ring (bicyclic) bond motifs is 1. The number of amides is 1. The molecule has 1 amide bonds. The Morgan fingerprint density at radius 1 is 1.28 bits per heavy atom. The number of benzene rings is 2. The van der Waals surface area contributed by atoms with Crippen LogP contribution in [0.4, 0.5) is 0 Å². The van der Waals surface area contributed by atoms with Gasteiger partial charge in [-0.3, -0.25) is 9.89 Å². The molecule has 25 heavy (non-hydrogen) atoms. The van der Waals surface area contributed by atoms with Crippen LogP contribution in [0.25, 0.3) is 10.8 Å². The number of nitrogens with one attached hydrogen (secondary N) is 1. The summed E-state index contributed by atoms with van der Waals surface area (Å²) in [7, 11) is 1.68. The average Bonchev–Trinajstić information content (AvgIpc) is 3.31.